The van der Waals surface area contributed by atoms with Crippen LogP contribution in [0.2, 0.25) is 0 Å². The minimum atomic E-state index is 0.356. The zero-order valence-electron chi connectivity index (χ0n) is 11.6. The van der Waals surface area contributed by atoms with Gasteiger partial charge in [0.25, 0.3) is 0 Å². The molecule has 1 aromatic heterocycles. The van der Waals surface area contributed by atoms with Crippen LogP contribution in [0.4, 0.5) is 0 Å². The van der Waals surface area contributed by atoms with Crippen LogP contribution in [-0.2, 0) is 6.42 Å². The van der Waals surface area contributed by atoms with Gasteiger partial charge >= 0.3 is 0 Å². The minimum absolute atomic E-state index is 0.356. The van der Waals surface area contributed by atoms with Crippen LogP contribution in [0.1, 0.15) is 48.9 Å². The molecule has 2 unspecified atom stereocenters. The lowest BCUT2D eigenvalue weighted by atomic mass is 10.0. The summed E-state index contributed by atoms with van der Waals surface area (Å²) in [6, 6.07) is 11.7. The van der Waals surface area contributed by atoms with Crippen molar-refractivity contribution in [3.63, 3.8) is 0 Å². The molecule has 0 spiro atoms. The summed E-state index contributed by atoms with van der Waals surface area (Å²) in [5.74, 6) is 0. The van der Waals surface area contributed by atoms with Crippen molar-refractivity contribution in [2.45, 2.75) is 39.3 Å². The van der Waals surface area contributed by atoms with Crippen LogP contribution < -0.4 is 5.32 Å². The van der Waals surface area contributed by atoms with E-state index in [1.807, 2.05) is 0 Å². The Morgan fingerprint density at radius 2 is 1.79 bits per heavy atom. The molecule has 2 rings (SSSR count). The van der Waals surface area contributed by atoms with Crippen molar-refractivity contribution in [2.75, 3.05) is 0 Å². The average Bonchev–Trinajstić information content (AvgIpc) is 2.85. The number of hydrogen-bond acceptors (Lipinski definition) is 2. The van der Waals surface area contributed by atoms with Crippen LogP contribution in [0.25, 0.3) is 0 Å². The van der Waals surface area contributed by atoms with Crippen LogP contribution in [0.5, 0.6) is 0 Å². The van der Waals surface area contributed by atoms with Crippen LogP contribution in [0.3, 0.4) is 0 Å². The van der Waals surface area contributed by atoms with Crippen molar-refractivity contribution in [3.8, 4) is 0 Å². The van der Waals surface area contributed by atoms with E-state index in [2.05, 4.69) is 77.7 Å². The number of thiophene rings is 1. The molecular formula is C16H20BrNS. The van der Waals surface area contributed by atoms with Gasteiger partial charge in [0.05, 0.1) is 0 Å². The van der Waals surface area contributed by atoms with Gasteiger partial charge in [-0.2, -0.15) is 0 Å². The first-order valence-corrected chi connectivity index (χ1v) is 8.36. The molecule has 0 amide bonds. The molecule has 0 bridgehead atoms. The summed E-state index contributed by atoms with van der Waals surface area (Å²) in [5.41, 5.74) is 2.74. The summed E-state index contributed by atoms with van der Waals surface area (Å²) < 4.78 is 1.20. The highest BCUT2D eigenvalue weighted by Crippen LogP contribution is 2.30. The lowest BCUT2D eigenvalue weighted by Crippen LogP contribution is -2.22. The van der Waals surface area contributed by atoms with E-state index in [1.165, 1.54) is 20.5 Å². The lowest BCUT2D eigenvalue weighted by Gasteiger charge is -2.20. The van der Waals surface area contributed by atoms with Gasteiger partial charge in [0, 0.05) is 21.4 Å². The molecule has 19 heavy (non-hydrogen) atoms. The van der Waals surface area contributed by atoms with Crippen LogP contribution in [0, 0.1) is 0 Å². The number of benzene rings is 1. The van der Waals surface area contributed by atoms with Crippen molar-refractivity contribution >= 4 is 27.3 Å². The van der Waals surface area contributed by atoms with Gasteiger partial charge in [-0.15, -0.1) is 11.3 Å². The number of aryl methyl sites for hydroxylation is 1. The Morgan fingerprint density at radius 1 is 1.11 bits per heavy atom. The van der Waals surface area contributed by atoms with E-state index in [9.17, 15) is 0 Å². The zero-order valence-corrected chi connectivity index (χ0v) is 14.0. The Bertz CT molecular complexity index is 518. The molecule has 0 fully saturated rings. The van der Waals surface area contributed by atoms with Crippen LogP contribution >= 0.6 is 27.3 Å². The number of hydrogen-bond donors (Lipinski definition) is 1. The molecule has 1 heterocycles. The standard InChI is InChI=1S/C16H20BrNS/c1-4-13-5-7-14(8-6-13)11(2)18-12(3)16-15(17)9-10-19-16/h5-12,18H,4H2,1-3H3. The Balaban J connectivity index is 2.04. The zero-order chi connectivity index (χ0) is 13.8. The van der Waals surface area contributed by atoms with E-state index in [1.54, 1.807) is 11.3 Å². The largest absolute Gasteiger partial charge is 0.303 e. The molecule has 0 aliphatic heterocycles. The summed E-state index contributed by atoms with van der Waals surface area (Å²) >= 11 is 5.39. The fourth-order valence-electron chi connectivity index (χ4n) is 2.20. The van der Waals surface area contributed by atoms with E-state index >= 15 is 0 Å². The number of nitrogens with one attached hydrogen (secondary N) is 1. The summed E-state index contributed by atoms with van der Waals surface area (Å²) in [6.07, 6.45) is 1.10. The maximum absolute atomic E-state index is 3.66. The molecule has 2 atom stereocenters. The quantitative estimate of drug-likeness (QED) is 0.761. The molecule has 1 aromatic carbocycles. The van der Waals surface area contributed by atoms with E-state index in [4.69, 9.17) is 0 Å². The second-order valence-electron chi connectivity index (χ2n) is 4.84. The fraction of sp³-hybridized carbons (Fsp3) is 0.375. The highest BCUT2D eigenvalue weighted by Gasteiger charge is 2.14. The van der Waals surface area contributed by atoms with E-state index in [0.717, 1.165) is 6.42 Å². The highest BCUT2D eigenvalue weighted by atomic mass is 79.9. The predicted molar refractivity (Wildman–Crippen MR) is 87.8 cm³/mol. The van der Waals surface area contributed by atoms with Crippen LogP contribution in [0.15, 0.2) is 40.2 Å². The van der Waals surface area contributed by atoms with Crippen LogP contribution in [-0.4, -0.2) is 0 Å². The van der Waals surface area contributed by atoms with Crippen molar-refractivity contribution < 1.29 is 0 Å². The molecule has 0 saturated carbocycles. The van der Waals surface area contributed by atoms with Crippen molar-refractivity contribution in [1.82, 2.24) is 5.32 Å². The first kappa shape index (κ1) is 14.8. The third-order valence-electron chi connectivity index (χ3n) is 3.43. The van der Waals surface area contributed by atoms with Gasteiger partial charge in [-0.3, -0.25) is 0 Å². The van der Waals surface area contributed by atoms with E-state index < -0.39 is 0 Å². The van der Waals surface area contributed by atoms with Crippen molar-refractivity contribution in [3.05, 3.63) is 56.2 Å². The third kappa shape index (κ3) is 3.68. The maximum Gasteiger partial charge on any atom is 0.0402 e. The SMILES string of the molecule is CCc1ccc(C(C)NC(C)c2sccc2Br)cc1. The summed E-state index contributed by atoms with van der Waals surface area (Å²) in [5, 5.41) is 5.78. The lowest BCUT2D eigenvalue weighted by molar-refractivity contribution is 0.499. The smallest absolute Gasteiger partial charge is 0.0402 e. The van der Waals surface area contributed by atoms with Gasteiger partial charge in [0.2, 0.25) is 0 Å². The van der Waals surface area contributed by atoms with Gasteiger partial charge in [-0.25, -0.2) is 0 Å². The summed E-state index contributed by atoms with van der Waals surface area (Å²) in [6.45, 7) is 6.62. The van der Waals surface area contributed by atoms with E-state index in [-0.39, 0.29) is 0 Å². The van der Waals surface area contributed by atoms with E-state index in [0.29, 0.717) is 12.1 Å². The molecule has 0 saturated heterocycles. The Kier molecular flexibility index (Phi) is 5.20. The molecule has 2 aromatic rings. The molecule has 0 aliphatic rings. The second-order valence-corrected chi connectivity index (χ2v) is 6.64. The normalized spacial score (nSPS) is 14.3. The molecule has 3 heteroatoms. The first-order valence-electron chi connectivity index (χ1n) is 6.69. The predicted octanol–water partition coefficient (Wildman–Crippen LogP) is 5.48. The molecule has 1 N–H and O–H groups in total. The number of halogens is 1. The van der Waals surface area contributed by atoms with Gasteiger partial charge < -0.3 is 5.32 Å². The summed E-state index contributed by atoms with van der Waals surface area (Å²) in [4.78, 5) is 1.36. The van der Waals surface area contributed by atoms with Crippen molar-refractivity contribution in [1.29, 1.82) is 0 Å². The fourth-order valence-corrected chi connectivity index (χ4v) is 3.94. The Morgan fingerprint density at radius 3 is 2.32 bits per heavy atom. The van der Waals surface area contributed by atoms with Gasteiger partial charge in [-0.05, 0) is 58.8 Å². The number of rotatable bonds is 5. The minimum Gasteiger partial charge on any atom is -0.303 e. The molecule has 1 nitrogen and oxygen atoms in total. The third-order valence-corrected chi connectivity index (χ3v) is 5.48. The monoisotopic (exact) mass is 337 g/mol. The molecule has 0 aliphatic carbocycles. The van der Waals surface area contributed by atoms with Gasteiger partial charge in [0.1, 0.15) is 0 Å². The Labute approximate surface area is 128 Å². The van der Waals surface area contributed by atoms with Crippen molar-refractivity contribution in [2.24, 2.45) is 0 Å². The first-order chi connectivity index (χ1) is 9.11. The maximum atomic E-state index is 3.66. The molecule has 102 valence electrons. The van der Waals surface area contributed by atoms with Gasteiger partial charge in [0.15, 0.2) is 0 Å². The Hall–Kier alpha value is -0.640. The second kappa shape index (κ2) is 6.69. The average molecular weight is 338 g/mol. The molecular weight excluding hydrogens is 318 g/mol. The topological polar surface area (TPSA) is 12.0 Å². The van der Waals surface area contributed by atoms with Gasteiger partial charge in [-0.1, -0.05) is 31.2 Å². The molecule has 0 radical (unpaired) electrons. The highest BCUT2D eigenvalue weighted by molar-refractivity contribution is 9.10. The summed E-state index contributed by atoms with van der Waals surface area (Å²) in [7, 11) is 0.